The average Bonchev–Trinajstić information content (AvgIpc) is 3.02. The molecule has 0 spiro atoms. The molecule has 0 atom stereocenters. The third-order valence-electron chi connectivity index (χ3n) is 9.01. The molecule has 0 aliphatic rings. The van der Waals surface area contributed by atoms with Crippen LogP contribution in [0.2, 0.25) is 0 Å². The molecule has 1 N–H and O–H groups in total. The third kappa shape index (κ3) is 24.1. The number of rotatable bonds is 34. The minimum atomic E-state index is -1.23. The van der Waals surface area contributed by atoms with Crippen molar-refractivity contribution in [3.63, 3.8) is 0 Å². The van der Waals surface area contributed by atoms with Gasteiger partial charge in [-0.05, 0) is 52.1 Å². The number of aliphatic hydroxyl groups excluding tert-OH is 1. The Bertz CT molecular complexity index is 611. The van der Waals surface area contributed by atoms with Crippen LogP contribution in [-0.4, -0.2) is 61.4 Å². The summed E-state index contributed by atoms with van der Waals surface area (Å²) in [7, 11) is 0. The number of esters is 2. The van der Waals surface area contributed by atoms with Crippen molar-refractivity contribution >= 4 is 11.9 Å². The van der Waals surface area contributed by atoms with Gasteiger partial charge in [-0.1, -0.05) is 149 Å². The van der Waals surface area contributed by atoms with Crippen LogP contribution in [0, 0.1) is 5.41 Å². The number of hydrogen-bond acceptors (Lipinski definition) is 6. The molecule has 0 aromatic carbocycles. The summed E-state index contributed by atoms with van der Waals surface area (Å²) in [6.45, 7) is 12.2. The molecular weight excluding hydrogens is 550 g/mol. The number of ether oxygens (including phenoxy) is 2. The van der Waals surface area contributed by atoms with Gasteiger partial charge in [0.2, 0.25) is 0 Å². The molecule has 0 aromatic heterocycles. The van der Waals surface area contributed by atoms with Gasteiger partial charge in [-0.2, -0.15) is 0 Å². The van der Waals surface area contributed by atoms with E-state index < -0.39 is 17.4 Å². The molecule has 0 unspecified atom stereocenters. The summed E-state index contributed by atoms with van der Waals surface area (Å²) in [5.41, 5.74) is -1.23. The fourth-order valence-corrected chi connectivity index (χ4v) is 5.81. The van der Waals surface area contributed by atoms with E-state index in [0.29, 0.717) is 19.6 Å². The summed E-state index contributed by atoms with van der Waals surface area (Å²) < 4.78 is 11.3. The summed E-state index contributed by atoms with van der Waals surface area (Å²) >= 11 is 0. The number of aliphatic hydroxyl groups is 1. The second-order valence-corrected chi connectivity index (χ2v) is 13.3. The maximum atomic E-state index is 13.2. The van der Waals surface area contributed by atoms with Gasteiger partial charge in [0, 0.05) is 6.54 Å². The highest BCUT2D eigenvalue weighted by Gasteiger charge is 2.43. The number of carbonyl (C=O) groups is 2. The minimum Gasteiger partial charge on any atom is -0.465 e. The smallest absolute Gasteiger partial charge is 0.323 e. The van der Waals surface area contributed by atoms with Gasteiger partial charge in [0.25, 0.3) is 0 Å². The van der Waals surface area contributed by atoms with E-state index in [4.69, 9.17) is 9.47 Å². The van der Waals surface area contributed by atoms with Crippen LogP contribution in [0.3, 0.4) is 0 Å². The SMILES string of the molecule is CCCCCCCCCCN(CCO)CCCCCCC(C)(C(=O)OCCCCCCCC)C(=O)OCCCCCCCC. The normalized spacial score (nSPS) is 11.8. The van der Waals surface area contributed by atoms with E-state index in [2.05, 4.69) is 25.7 Å². The zero-order valence-corrected chi connectivity index (χ0v) is 29.9. The minimum absolute atomic E-state index is 0.205. The van der Waals surface area contributed by atoms with Crippen molar-refractivity contribution in [2.24, 2.45) is 5.41 Å². The van der Waals surface area contributed by atoms with Crippen molar-refractivity contribution in [3.05, 3.63) is 0 Å². The predicted molar refractivity (Wildman–Crippen MR) is 186 cm³/mol. The Hall–Kier alpha value is -1.14. The molecule has 0 aliphatic heterocycles. The first kappa shape index (κ1) is 42.9. The summed E-state index contributed by atoms with van der Waals surface area (Å²) in [6, 6.07) is 0. The second-order valence-electron chi connectivity index (χ2n) is 13.3. The maximum Gasteiger partial charge on any atom is 0.323 e. The average molecular weight is 626 g/mol. The molecule has 6 nitrogen and oxygen atoms in total. The van der Waals surface area contributed by atoms with Crippen molar-refractivity contribution in [2.75, 3.05) is 39.5 Å². The lowest BCUT2D eigenvalue weighted by Gasteiger charge is -2.25. The standard InChI is InChI=1S/C38H75NO5/c1-5-8-11-14-17-18-20-25-30-39(32-33-40)31-26-21-19-24-29-38(4,36(41)43-34-27-22-15-12-9-6-2)37(42)44-35-28-23-16-13-10-7-3/h40H,5-35H2,1-4H3. The van der Waals surface area contributed by atoms with E-state index >= 15 is 0 Å². The fourth-order valence-electron chi connectivity index (χ4n) is 5.81. The first-order valence-corrected chi connectivity index (χ1v) is 19.1. The van der Waals surface area contributed by atoms with Gasteiger partial charge < -0.3 is 19.5 Å². The Labute approximate surface area is 273 Å². The Kier molecular flexibility index (Phi) is 31.0. The molecule has 0 amide bonds. The highest BCUT2D eigenvalue weighted by molar-refractivity contribution is 5.99. The van der Waals surface area contributed by atoms with Gasteiger partial charge in [0.1, 0.15) is 0 Å². The van der Waals surface area contributed by atoms with Gasteiger partial charge in [-0.3, -0.25) is 9.59 Å². The Morgan fingerprint density at radius 2 is 0.841 bits per heavy atom. The van der Waals surface area contributed by atoms with E-state index in [1.807, 2.05) is 0 Å². The zero-order valence-electron chi connectivity index (χ0n) is 29.9. The monoisotopic (exact) mass is 626 g/mol. The summed E-state index contributed by atoms with van der Waals surface area (Å²) in [5.74, 6) is -0.836. The lowest BCUT2D eigenvalue weighted by atomic mass is 9.84. The number of nitrogens with zero attached hydrogens (tertiary/aromatic N) is 1. The molecule has 0 rings (SSSR count). The fraction of sp³-hybridized carbons (Fsp3) is 0.947. The largest absolute Gasteiger partial charge is 0.465 e. The van der Waals surface area contributed by atoms with Crippen LogP contribution in [0.15, 0.2) is 0 Å². The van der Waals surface area contributed by atoms with E-state index in [1.54, 1.807) is 6.92 Å². The van der Waals surface area contributed by atoms with Crippen LogP contribution in [-0.2, 0) is 19.1 Å². The van der Waals surface area contributed by atoms with Crippen molar-refractivity contribution in [1.29, 1.82) is 0 Å². The lowest BCUT2D eigenvalue weighted by molar-refractivity contribution is -0.172. The molecular formula is C38H75NO5. The van der Waals surface area contributed by atoms with E-state index in [1.165, 1.54) is 89.9 Å². The summed E-state index contributed by atoms with van der Waals surface area (Å²) in [4.78, 5) is 28.8. The number of carbonyl (C=O) groups excluding carboxylic acids is 2. The highest BCUT2D eigenvalue weighted by Crippen LogP contribution is 2.29. The van der Waals surface area contributed by atoms with Crippen molar-refractivity contribution in [2.45, 2.75) is 188 Å². The van der Waals surface area contributed by atoms with E-state index in [9.17, 15) is 14.7 Å². The van der Waals surface area contributed by atoms with Crippen molar-refractivity contribution < 1.29 is 24.2 Å². The van der Waals surface area contributed by atoms with Crippen LogP contribution < -0.4 is 0 Å². The Morgan fingerprint density at radius 1 is 0.500 bits per heavy atom. The summed E-state index contributed by atoms with van der Waals surface area (Å²) in [6.07, 6.45) is 28.4. The summed E-state index contributed by atoms with van der Waals surface area (Å²) in [5, 5.41) is 9.52. The van der Waals surface area contributed by atoms with Gasteiger partial charge in [-0.15, -0.1) is 0 Å². The quantitative estimate of drug-likeness (QED) is 0.0436. The van der Waals surface area contributed by atoms with Gasteiger partial charge in [0.05, 0.1) is 19.8 Å². The molecule has 0 heterocycles. The van der Waals surface area contributed by atoms with Crippen molar-refractivity contribution in [3.8, 4) is 0 Å². The topological polar surface area (TPSA) is 76.1 Å². The van der Waals surface area contributed by atoms with Crippen LogP contribution in [0.4, 0.5) is 0 Å². The molecule has 0 radical (unpaired) electrons. The lowest BCUT2D eigenvalue weighted by Crippen LogP contribution is -2.39. The molecule has 6 heteroatoms. The highest BCUT2D eigenvalue weighted by atomic mass is 16.6. The maximum absolute atomic E-state index is 13.2. The molecule has 0 fully saturated rings. The molecule has 0 saturated heterocycles. The van der Waals surface area contributed by atoms with Gasteiger partial charge in [-0.25, -0.2) is 0 Å². The van der Waals surface area contributed by atoms with E-state index in [0.717, 1.165) is 83.8 Å². The molecule has 44 heavy (non-hydrogen) atoms. The number of hydrogen-bond donors (Lipinski definition) is 1. The molecule has 0 aliphatic carbocycles. The zero-order chi connectivity index (χ0) is 32.6. The van der Waals surface area contributed by atoms with Crippen LogP contribution >= 0.6 is 0 Å². The van der Waals surface area contributed by atoms with Crippen LogP contribution in [0.1, 0.15) is 188 Å². The first-order valence-electron chi connectivity index (χ1n) is 19.1. The molecule has 0 saturated carbocycles. The first-order chi connectivity index (χ1) is 21.5. The second kappa shape index (κ2) is 31.8. The molecule has 0 aromatic rings. The van der Waals surface area contributed by atoms with Gasteiger partial charge in [0.15, 0.2) is 5.41 Å². The predicted octanol–water partition coefficient (Wildman–Crippen LogP) is 10.2. The van der Waals surface area contributed by atoms with Crippen molar-refractivity contribution in [1.82, 2.24) is 4.90 Å². The van der Waals surface area contributed by atoms with Gasteiger partial charge >= 0.3 is 11.9 Å². The Morgan fingerprint density at radius 3 is 1.23 bits per heavy atom. The third-order valence-corrected chi connectivity index (χ3v) is 9.01. The number of unbranched alkanes of at least 4 members (excludes halogenated alkanes) is 20. The van der Waals surface area contributed by atoms with E-state index in [-0.39, 0.29) is 6.61 Å². The molecule has 0 bridgehead atoms. The van der Waals surface area contributed by atoms with Crippen LogP contribution in [0.25, 0.3) is 0 Å². The van der Waals surface area contributed by atoms with Crippen LogP contribution in [0.5, 0.6) is 0 Å². The molecule has 262 valence electrons. The Balaban J connectivity index is 4.57.